The number of fused-ring (bicyclic) bond motifs is 1. The number of hydrogen-bond acceptors (Lipinski definition) is 3. The normalized spacial score (nSPS) is 17.0. The molecule has 0 aliphatic carbocycles. The number of amides is 1. The van der Waals surface area contributed by atoms with Crippen molar-refractivity contribution in [2.75, 3.05) is 6.54 Å². The van der Waals surface area contributed by atoms with E-state index in [2.05, 4.69) is 21.1 Å². The van der Waals surface area contributed by atoms with Gasteiger partial charge in [0.2, 0.25) is 5.91 Å². The predicted octanol–water partition coefficient (Wildman–Crippen LogP) is 3.24. The van der Waals surface area contributed by atoms with Crippen molar-refractivity contribution in [3.8, 4) is 0 Å². The highest BCUT2D eigenvalue weighted by molar-refractivity contribution is 5.85. The van der Waals surface area contributed by atoms with Crippen LogP contribution in [0.3, 0.4) is 0 Å². The maximum Gasteiger partial charge on any atom is 0.224 e. The molecule has 4 rings (SSSR count). The molecule has 1 atom stereocenters. The molecule has 1 aliphatic rings. The van der Waals surface area contributed by atoms with Gasteiger partial charge < -0.3 is 9.88 Å². The molecule has 3 aromatic heterocycles. The maximum atomic E-state index is 12.7. The molecule has 1 amide bonds. The molecule has 132 valence electrons. The van der Waals surface area contributed by atoms with Gasteiger partial charge in [0.15, 0.2) is 0 Å². The number of aryl methyl sites for hydroxylation is 2. The highest BCUT2D eigenvalue weighted by atomic mass is 35.5. The molecular weight excluding hydrogens is 338 g/mol. The SMILES string of the molecule is Cc1ccnn1CCC(=O)N1CCCC1c1cc2cccnc2[nH]1.Cl. The summed E-state index contributed by atoms with van der Waals surface area (Å²) in [6.07, 6.45) is 6.08. The number of nitrogens with one attached hydrogen (secondary N) is 1. The van der Waals surface area contributed by atoms with E-state index in [1.807, 2.05) is 34.7 Å². The highest BCUT2D eigenvalue weighted by Gasteiger charge is 2.30. The van der Waals surface area contributed by atoms with E-state index in [-0.39, 0.29) is 24.4 Å². The van der Waals surface area contributed by atoms with E-state index in [0.29, 0.717) is 13.0 Å². The van der Waals surface area contributed by atoms with E-state index in [1.165, 1.54) is 0 Å². The van der Waals surface area contributed by atoms with Gasteiger partial charge >= 0.3 is 0 Å². The van der Waals surface area contributed by atoms with Crippen LogP contribution in [0, 0.1) is 6.92 Å². The average molecular weight is 360 g/mol. The Morgan fingerprint density at radius 3 is 3.00 bits per heavy atom. The van der Waals surface area contributed by atoms with E-state index in [0.717, 1.165) is 41.8 Å². The van der Waals surface area contributed by atoms with E-state index in [9.17, 15) is 4.79 Å². The largest absolute Gasteiger partial charge is 0.341 e. The van der Waals surface area contributed by atoms with Crippen LogP contribution in [0.25, 0.3) is 11.0 Å². The van der Waals surface area contributed by atoms with Crippen LogP contribution >= 0.6 is 12.4 Å². The third-order valence-electron chi connectivity index (χ3n) is 4.81. The number of H-pyrrole nitrogens is 1. The number of aromatic amines is 1. The summed E-state index contributed by atoms with van der Waals surface area (Å²) < 4.78 is 1.88. The molecule has 0 spiro atoms. The standard InChI is InChI=1S/C18H21N5O.ClH/c1-13-6-9-20-23(13)11-7-17(24)22-10-3-5-16(22)15-12-14-4-2-8-19-18(14)21-15;/h2,4,6,8-9,12,16H,3,5,7,10-11H2,1H3,(H,19,21);1H. The molecule has 0 bridgehead atoms. The lowest BCUT2D eigenvalue weighted by Gasteiger charge is -2.24. The van der Waals surface area contributed by atoms with Crippen LogP contribution in [0.4, 0.5) is 0 Å². The van der Waals surface area contributed by atoms with Crippen molar-refractivity contribution in [2.24, 2.45) is 0 Å². The van der Waals surface area contributed by atoms with E-state index >= 15 is 0 Å². The van der Waals surface area contributed by atoms with Crippen LogP contribution in [0.15, 0.2) is 36.7 Å². The Morgan fingerprint density at radius 2 is 2.24 bits per heavy atom. The maximum absolute atomic E-state index is 12.7. The fourth-order valence-corrected chi connectivity index (χ4v) is 3.53. The van der Waals surface area contributed by atoms with Crippen molar-refractivity contribution in [1.82, 2.24) is 24.6 Å². The Bertz CT molecular complexity index is 838. The van der Waals surface area contributed by atoms with Crippen LogP contribution in [0.1, 0.15) is 36.7 Å². The number of rotatable bonds is 4. The monoisotopic (exact) mass is 359 g/mol. The highest BCUT2D eigenvalue weighted by Crippen LogP contribution is 2.33. The van der Waals surface area contributed by atoms with Crippen LogP contribution in [0.2, 0.25) is 0 Å². The van der Waals surface area contributed by atoms with Crippen molar-refractivity contribution in [3.63, 3.8) is 0 Å². The van der Waals surface area contributed by atoms with Crippen molar-refractivity contribution < 1.29 is 4.79 Å². The summed E-state index contributed by atoms with van der Waals surface area (Å²) in [5, 5.41) is 5.35. The number of hydrogen-bond donors (Lipinski definition) is 1. The molecule has 0 aromatic carbocycles. The summed E-state index contributed by atoms with van der Waals surface area (Å²) in [7, 11) is 0. The van der Waals surface area contributed by atoms with Crippen molar-refractivity contribution >= 4 is 29.3 Å². The number of pyridine rings is 1. The number of nitrogens with zero attached hydrogens (tertiary/aromatic N) is 4. The second-order valence-corrected chi connectivity index (χ2v) is 6.36. The smallest absolute Gasteiger partial charge is 0.224 e. The summed E-state index contributed by atoms with van der Waals surface area (Å²) >= 11 is 0. The molecular formula is C18H22ClN5O. The molecule has 1 N–H and O–H groups in total. The molecule has 0 radical (unpaired) electrons. The number of likely N-dealkylation sites (tertiary alicyclic amines) is 1. The minimum absolute atomic E-state index is 0. The van der Waals surface area contributed by atoms with Gasteiger partial charge in [-0.15, -0.1) is 12.4 Å². The van der Waals surface area contributed by atoms with E-state index < -0.39 is 0 Å². The van der Waals surface area contributed by atoms with Crippen molar-refractivity contribution in [3.05, 3.63) is 48.0 Å². The molecule has 25 heavy (non-hydrogen) atoms. The number of aromatic nitrogens is 4. The first-order valence-electron chi connectivity index (χ1n) is 8.44. The minimum atomic E-state index is 0. The fraction of sp³-hybridized carbons (Fsp3) is 0.389. The quantitative estimate of drug-likeness (QED) is 0.777. The Morgan fingerprint density at radius 1 is 1.36 bits per heavy atom. The second-order valence-electron chi connectivity index (χ2n) is 6.36. The molecule has 7 heteroatoms. The van der Waals surface area contributed by atoms with E-state index in [1.54, 1.807) is 12.4 Å². The predicted molar refractivity (Wildman–Crippen MR) is 98.6 cm³/mol. The van der Waals surface area contributed by atoms with Crippen LogP contribution < -0.4 is 0 Å². The van der Waals surface area contributed by atoms with Gasteiger partial charge in [-0.1, -0.05) is 0 Å². The number of halogens is 1. The Hall–Kier alpha value is -2.34. The van der Waals surface area contributed by atoms with Gasteiger partial charge in [0.25, 0.3) is 0 Å². The fourth-order valence-electron chi connectivity index (χ4n) is 3.53. The first kappa shape index (κ1) is 17.5. The third kappa shape index (κ3) is 3.39. The van der Waals surface area contributed by atoms with Gasteiger partial charge in [0.05, 0.1) is 6.04 Å². The Labute approximate surface area is 152 Å². The van der Waals surface area contributed by atoms with Gasteiger partial charge in [-0.2, -0.15) is 5.10 Å². The Kier molecular flexibility index (Phi) is 5.08. The summed E-state index contributed by atoms with van der Waals surface area (Å²) in [6, 6.07) is 8.19. The van der Waals surface area contributed by atoms with Gasteiger partial charge in [0, 0.05) is 48.7 Å². The zero-order valence-corrected chi connectivity index (χ0v) is 15.0. The molecule has 1 aliphatic heterocycles. The number of carbonyl (C=O) groups excluding carboxylic acids is 1. The second kappa shape index (κ2) is 7.27. The summed E-state index contributed by atoms with van der Waals surface area (Å²) in [5.41, 5.74) is 3.06. The molecule has 6 nitrogen and oxygen atoms in total. The lowest BCUT2D eigenvalue weighted by Crippen LogP contribution is -2.31. The molecule has 0 saturated carbocycles. The zero-order chi connectivity index (χ0) is 16.5. The van der Waals surface area contributed by atoms with Crippen LogP contribution in [0.5, 0.6) is 0 Å². The molecule has 3 aromatic rings. The van der Waals surface area contributed by atoms with Crippen molar-refractivity contribution in [1.29, 1.82) is 0 Å². The van der Waals surface area contributed by atoms with Gasteiger partial charge in [-0.05, 0) is 44.0 Å². The Balaban J connectivity index is 0.00000182. The molecule has 1 fully saturated rings. The topological polar surface area (TPSA) is 66.8 Å². The first-order valence-corrected chi connectivity index (χ1v) is 8.44. The number of carbonyl (C=O) groups is 1. The minimum Gasteiger partial charge on any atom is -0.341 e. The third-order valence-corrected chi connectivity index (χ3v) is 4.81. The lowest BCUT2D eigenvalue weighted by atomic mass is 10.1. The van der Waals surface area contributed by atoms with Crippen LogP contribution in [-0.4, -0.2) is 37.1 Å². The van der Waals surface area contributed by atoms with Gasteiger partial charge in [-0.25, -0.2) is 4.98 Å². The summed E-state index contributed by atoms with van der Waals surface area (Å²) in [4.78, 5) is 22.4. The lowest BCUT2D eigenvalue weighted by molar-refractivity contribution is -0.132. The first-order chi connectivity index (χ1) is 11.7. The van der Waals surface area contributed by atoms with Gasteiger partial charge in [0.1, 0.15) is 5.65 Å². The van der Waals surface area contributed by atoms with Gasteiger partial charge in [-0.3, -0.25) is 9.48 Å². The zero-order valence-electron chi connectivity index (χ0n) is 14.2. The molecule has 1 saturated heterocycles. The molecule has 4 heterocycles. The summed E-state index contributed by atoms with van der Waals surface area (Å²) in [5.74, 6) is 0.194. The molecule has 1 unspecified atom stereocenters. The summed E-state index contributed by atoms with van der Waals surface area (Å²) in [6.45, 7) is 3.47. The average Bonchev–Trinajstić information content (AvgIpc) is 3.31. The van der Waals surface area contributed by atoms with Crippen molar-refractivity contribution in [2.45, 2.75) is 38.8 Å². The van der Waals surface area contributed by atoms with E-state index in [4.69, 9.17) is 0 Å². The van der Waals surface area contributed by atoms with Crippen LogP contribution in [-0.2, 0) is 11.3 Å².